The monoisotopic (exact) mass is 478 g/mol. The Morgan fingerprint density at radius 3 is 2.41 bits per heavy atom. The number of aliphatic hydroxyl groups is 1. The summed E-state index contributed by atoms with van der Waals surface area (Å²) >= 11 is 0. The molecule has 9 nitrogen and oxygen atoms in total. The lowest BCUT2D eigenvalue weighted by atomic mass is 9.81. The summed E-state index contributed by atoms with van der Waals surface area (Å²) in [4.78, 5) is 24.4. The number of hydrogen-bond acceptors (Lipinski definition) is 9. The number of allylic oxidation sites excluding steroid dienone is 1. The molecule has 9 heteroatoms. The van der Waals surface area contributed by atoms with E-state index in [9.17, 15) is 9.59 Å². The molecule has 0 aliphatic carbocycles. The molecule has 0 unspecified atom stereocenters. The third-order valence-corrected chi connectivity index (χ3v) is 5.17. The summed E-state index contributed by atoms with van der Waals surface area (Å²) in [6.07, 6.45) is 3.10. The predicted octanol–water partition coefficient (Wildman–Crippen LogP) is 2.59. The Balaban J connectivity index is 2.24. The van der Waals surface area contributed by atoms with Gasteiger partial charge < -0.3 is 33.5 Å². The molecular formula is C25H34O9. The van der Waals surface area contributed by atoms with Crippen molar-refractivity contribution in [1.82, 2.24) is 0 Å². The predicted molar refractivity (Wildman–Crippen MR) is 123 cm³/mol. The molecule has 0 fully saturated rings. The lowest BCUT2D eigenvalue weighted by Gasteiger charge is -2.36. The van der Waals surface area contributed by atoms with Crippen molar-refractivity contribution in [2.45, 2.75) is 25.6 Å². The van der Waals surface area contributed by atoms with Crippen molar-refractivity contribution in [3.63, 3.8) is 0 Å². The van der Waals surface area contributed by atoms with E-state index in [1.165, 1.54) is 13.2 Å². The van der Waals surface area contributed by atoms with E-state index in [1.54, 1.807) is 18.2 Å². The average molecular weight is 479 g/mol. The first-order chi connectivity index (χ1) is 16.5. The van der Waals surface area contributed by atoms with Gasteiger partial charge in [0.2, 0.25) is 12.0 Å². The molecule has 1 N–H and O–H groups in total. The van der Waals surface area contributed by atoms with E-state index in [0.717, 1.165) is 5.56 Å². The van der Waals surface area contributed by atoms with Gasteiger partial charge in [-0.1, -0.05) is 24.8 Å². The van der Waals surface area contributed by atoms with Gasteiger partial charge in [0.05, 0.1) is 39.1 Å². The Morgan fingerprint density at radius 1 is 1.09 bits per heavy atom. The van der Waals surface area contributed by atoms with Crippen molar-refractivity contribution in [3.05, 3.63) is 59.9 Å². The van der Waals surface area contributed by atoms with Crippen LogP contribution < -0.4 is 0 Å². The highest BCUT2D eigenvalue weighted by atomic mass is 16.7. The topological polar surface area (TPSA) is 110 Å². The van der Waals surface area contributed by atoms with Gasteiger partial charge in [-0.05, 0) is 37.1 Å². The summed E-state index contributed by atoms with van der Waals surface area (Å²) in [5.41, 5.74) is 1.31. The molecule has 1 aliphatic rings. The molecular weight excluding hydrogens is 444 g/mol. The molecule has 0 spiro atoms. The van der Waals surface area contributed by atoms with Gasteiger partial charge in [0.25, 0.3) is 0 Å². The van der Waals surface area contributed by atoms with E-state index in [1.807, 2.05) is 19.1 Å². The lowest BCUT2D eigenvalue weighted by Crippen LogP contribution is -2.37. The Labute approximate surface area is 200 Å². The van der Waals surface area contributed by atoms with Crippen LogP contribution in [0.1, 0.15) is 35.2 Å². The SMILES string of the molecule is C=CCOC(=O)C1=C[C@H](c2ccc(C(=O)OC)cc2)[C@@H](CCOCCOCCO)[C@H](OCC)O1. The summed E-state index contributed by atoms with van der Waals surface area (Å²) in [5, 5.41) is 8.76. The van der Waals surface area contributed by atoms with Crippen molar-refractivity contribution in [1.29, 1.82) is 0 Å². The highest BCUT2D eigenvalue weighted by Gasteiger charge is 2.38. The van der Waals surface area contributed by atoms with Gasteiger partial charge in [-0.25, -0.2) is 9.59 Å². The zero-order valence-corrected chi connectivity index (χ0v) is 19.8. The van der Waals surface area contributed by atoms with Crippen molar-refractivity contribution >= 4 is 11.9 Å². The van der Waals surface area contributed by atoms with Gasteiger partial charge in [0, 0.05) is 25.0 Å². The molecule has 1 heterocycles. The number of esters is 2. The van der Waals surface area contributed by atoms with Crippen LogP contribution in [0.5, 0.6) is 0 Å². The van der Waals surface area contributed by atoms with Gasteiger partial charge in [0.15, 0.2) is 0 Å². The molecule has 0 bridgehead atoms. The normalized spacial score (nSPS) is 19.6. The molecule has 0 saturated carbocycles. The first-order valence-electron chi connectivity index (χ1n) is 11.3. The second-order valence-electron chi connectivity index (χ2n) is 7.40. The van der Waals surface area contributed by atoms with Crippen molar-refractivity contribution in [2.24, 2.45) is 5.92 Å². The van der Waals surface area contributed by atoms with Crippen LogP contribution in [0.2, 0.25) is 0 Å². The molecule has 188 valence electrons. The zero-order valence-electron chi connectivity index (χ0n) is 19.8. The molecule has 1 aromatic carbocycles. The van der Waals surface area contributed by atoms with Crippen LogP contribution in [0.25, 0.3) is 0 Å². The van der Waals surface area contributed by atoms with Crippen LogP contribution in [0, 0.1) is 5.92 Å². The maximum Gasteiger partial charge on any atom is 0.373 e. The molecule has 0 radical (unpaired) electrons. The fraction of sp³-hybridized carbons (Fsp3) is 0.520. The molecule has 0 saturated heterocycles. The van der Waals surface area contributed by atoms with Crippen LogP contribution in [0.3, 0.4) is 0 Å². The molecule has 34 heavy (non-hydrogen) atoms. The highest BCUT2D eigenvalue weighted by molar-refractivity contribution is 5.89. The standard InChI is InChI=1S/C25H34O9/c1-4-12-33-24(28)22-17-21(18-6-8-19(9-7-18)23(27)29-3)20(25(34-22)32-5-2)10-13-30-15-16-31-14-11-26/h4,6-9,17,20-21,25-26H,1,5,10-16H2,2-3H3/t20-,21-,25-/m1/s1. The fourth-order valence-electron chi connectivity index (χ4n) is 3.58. The first-order valence-corrected chi connectivity index (χ1v) is 11.3. The molecule has 3 atom stereocenters. The summed E-state index contributed by atoms with van der Waals surface area (Å²) in [6, 6.07) is 7.01. The Hall–Kier alpha value is -2.72. The minimum atomic E-state index is -0.694. The van der Waals surface area contributed by atoms with Crippen molar-refractivity contribution < 1.29 is 43.1 Å². The number of ether oxygens (including phenoxy) is 6. The van der Waals surface area contributed by atoms with E-state index in [4.69, 9.17) is 33.5 Å². The van der Waals surface area contributed by atoms with E-state index in [0.29, 0.717) is 38.4 Å². The Morgan fingerprint density at radius 2 is 1.79 bits per heavy atom. The maximum atomic E-state index is 12.5. The number of carbonyl (C=O) groups excluding carboxylic acids is 2. The highest BCUT2D eigenvalue weighted by Crippen LogP contribution is 2.39. The summed E-state index contributed by atoms with van der Waals surface area (Å²) in [5.74, 6) is -1.38. The van der Waals surface area contributed by atoms with E-state index >= 15 is 0 Å². The summed E-state index contributed by atoms with van der Waals surface area (Å²) in [7, 11) is 1.33. The smallest absolute Gasteiger partial charge is 0.373 e. The number of methoxy groups -OCH3 is 1. The minimum absolute atomic E-state index is 0.0319. The Bertz CT molecular complexity index is 803. The summed E-state index contributed by atoms with van der Waals surface area (Å²) < 4.78 is 32.6. The number of hydrogen-bond donors (Lipinski definition) is 1. The van der Waals surface area contributed by atoms with Crippen LogP contribution >= 0.6 is 0 Å². The van der Waals surface area contributed by atoms with Gasteiger partial charge in [-0.3, -0.25) is 0 Å². The van der Waals surface area contributed by atoms with Crippen molar-refractivity contribution in [2.75, 3.05) is 53.4 Å². The third kappa shape index (κ3) is 8.25. The molecule has 2 rings (SSSR count). The fourth-order valence-corrected chi connectivity index (χ4v) is 3.58. The number of aliphatic hydroxyl groups excluding tert-OH is 1. The first kappa shape index (κ1) is 27.5. The second kappa shape index (κ2) is 15.2. The molecule has 1 aliphatic heterocycles. The van der Waals surface area contributed by atoms with Gasteiger partial charge in [-0.2, -0.15) is 0 Å². The van der Waals surface area contributed by atoms with Gasteiger partial charge in [0.1, 0.15) is 6.61 Å². The molecule has 0 aromatic heterocycles. The Kier molecular flexibility index (Phi) is 12.3. The number of carbonyl (C=O) groups is 2. The van der Waals surface area contributed by atoms with E-state index in [-0.39, 0.29) is 37.4 Å². The van der Waals surface area contributed by atoms with Gasteiger partial charge >= 0.3 is 11.9 Å². The maximum absolute atomic E-state index is 12.5. The number of benzene rings is 1. The van der Waals surface area contributed by atoms with Crippen LogP contribution in [-0.4, -0.2) is 76.7 Å². The second-order valence-corrected chi connectivity index (χ2v) is 7.40. The van der Waals surface area contributed by atoms with E-state index < -0.39 is 18.2 Å². The molecule has 0 amide bonds. The largest absolute Gasteiger partial charge is 0.465 e. The quantitative estimate of drug-likeness (QED) is 0.231. The zero-order chi connectivity index (χ0) is 24.8. The number of rotatable bonds is 15. The van der Waals surface area contributed by atoms with Crippen molar-refractivity contribution in [3.8, 4) is 0 Å². The van der Waals surface area contributed by atoms with Crippen LogP contribution in [0.4, 0.5) is 0 Å². The lowest BCUT2D eigenvalue weighted by molar-refractivity contribution is -0.176. The minimum Gasteiger partial charge on any atom is -0.465 e. The molecule has 1 aromatic rings. The van der Waals surface area contributed by atoms with Crippen LogP contribution in [0.15, 0.2) is 48.8 Å². The van der Waals surface area contributed by atoms with E-state index in [2.05, 4.69) is 6.58 Å². The third-order valence-electron chi connectivity index (χ3n) is 5.17. The van der Waals surface area contributed by atoms with Crippen LogP contribution in [-0.2, 0) is 33.2 Å². The van der Waals surface area contributed by atoms with Gasteiger partial charge in [-0.15, -0.1) is 0 Å². The average Bonchev–Trinajstić information content (AvgIpc) is 2.86. The summed E-state index contributed by atoms with van der Waals surface area (Å²) in [6.45, 7) is 7.29.